The van der Waals surface area contributed by atoms with Crippen molar-refractivity contribution in [1.82, 2.24) is 4.98 Å². The van der Waals surface area contributed by atoms with Crippen molar-refractivity contribution in [3.05, 3.63) is 59.2 Å². The smallest absolute Gasteiger partial charge is 0.116 e. The molecule has 0 bridgehead atoms. The second-order valence-corrected chi connectivity index (χ2v) is 4.99. The van der Waals surface area contributed by atoms with Gasteiger partial charge in [0, 0.05) is 21.6 Å². The lowest BCUT2D eigenvalue weighted by Crippen LogP contribution is -1.85. The molecule has 1 N–H and O–H groups in total. The summed E-state index contributed by atoms with van der Waals surface area (Å²) in [6, 6.07) is 15.3. The van der Waals surface area contributed by atoms with Gasteiger partial charge in [0.15, 0.2) is 0 Å². The zero-order chi connectivity index (χ0) is 12.5. The van der Waals surface area contributed by atoms with Crippen LogP contribution in [0.25, 0.3) is 22.0 Å². The molecule has 3 rings (SSSR count). The van der Waals surface area contributed by atoms with E-state index in [-0.39, 0.29) is 5.75 Å². The Morgan fingerprint density at radius 2 is 1.72 bits per heavy atom. The second kappa shape index (κ2) is 4.42. The van der Waals surface area contributed by atoms with Crippen molar-refractivity contribution in [2.24, 2.45) is 0 Å². The molecule has 0 saturated heterocycles. The molecule has 0 aliphatic carbocycles. The number of rotatable bonds is 1. The summed E-state index contributed by atoms with van der Waals surface area (Å²) >= 11 is 3.42. The number of benzene rings is 2. The number of halogens is 1. The zero-order valence-electron chi connectivity index (χ0n) is 9.47. The molecule has 0 radical (unpaired) electrons. The van der Waals surface area contributed by atoms with Crippen molar-refractivity contribution in [3.63, 3.8) is 0 Å². The van der Waals surface area contributed by atoms with Gasteiger partial charge in [-0.1, -0.05) is 28.1 Å². The van der Waals surface area contributed by atoms with Gasteiger partial charge >= 0.3 is 0 Å². The highest BCUT2D eigenvalue weighted by Gasteiger charge is 2.05. The van der Waals surface area contributed by atoms with Crippen molar-refractivity contribution < 1.29 is 5.11 Å². The SMILES string of the molecule is Oc1ccc2c(-c3ccc(Br)cc3)nccc2c1. The highest BCUT2D eigenvalue weighted by molar-refractivity contribution is 9.10. The Labute approximate surface area is 113 Å². The molecule has 0 aliphatic heterocycles. The summed E-state index contributed by atoms with van der Waals surface area (Å²) in [5.41, 5.74) is 1.99. The Morgan fingerprint density at radius 1 is 0.944 bits per heavy atom. The average Bonchev–Trinajstić information content (AvgIpc) is 2.38. The maximum atomic E-state index is 9.50. The quantitative estimate of drug-likeness (QED) is 0.724. The Kier molecular flexibility index (Phi) is 2.76. The predicted octanol–water partition coefficient (Wildman–Crippen LogP) is 4.37. The Morgan fingerprint density at radius 3 is 2.50 bits per heavy atom. The minimum Gasteiger partial charge on any atom is -0.508 e. The lowest BCUT2D eigenvalue weighted by atomic mass is 10.0. The van der Waals surface area contributed by atoms with Gasteiger partial charge in [-0.2, -0.15) is 0 Å². The molecule has 0 unspecified atom stereocenters. The second-order valence-electron chi connectivity index (χ2n) is 4.07. The van der Waals surface area contributed by atoms with Crippen LogP contribution in [0.2, 0.25) is 0 Å². The van der Waals surface area contributed by atoms with E-state index in [2.05, 4.69) is 20.9 Å². The van der Waals surface area contributed by atoms with Gasteiger partial charge in [0.25, 0.3) is 0 Å². The van der Waals surface area contributed by atoms with E-state index in [1.165, 1.54) is 0 Å². The third-order valence-electron chi connectivity index (χ3n) is 2.87. The number of phenolic OH excluding ortho intramolecular Hbond substituents is 1. The first-order chi connectivity index (χ1) is 8.74. The van der Waals surface area contributed by atoms with Crippen LogP contribution in [0.4, 0.5) is 0 Å². The molecule has 0 fully saturated rings. The van der Waals surface area contributed by atoms with Crippen LogP contribution in [0.5, 0.6) is 5.75 Å². The van der Waals surface area contributed by atoms with Gasteiger partial charge in [-0.15, -0.1) is 0 Å². The van der Waals surface area contributed by atoms with Crippen molar-refractivity contribution in [1.29, 1.82) is 0 Å². The maximum Gasteiger partial charge on any atom is 0.116 e. The molecule has 0 atom stereocenters. The van der Waals surface area contributed by atoms with E-state index < -0.39 is 0 Å². The molecule has 2 aromatic carbocycles. The molecule has 88 valence electrons. The molecule has 1 heterocycles. The molecule has 0 spiro atoms. The van der Waals surface area contributed by atoms with E-state index in [4.69, 9.17) is 0 Å². The molecule has 3 aromatic rings. The van der Waals surface area contributed by atoms with Crippen molar-refractivity contribution in [3.8, 4) is 17.0 Å². The lowest BCUT2D eigenvalue weighted by molar-refractivity contribution is 0.476. The van der Waals surface area contributed by atoms with Crippen LogP contribution in [0, 0.1) is 0 Å². The van der Waals surface area contributed by atoms with E-state index in [0.29, 0.717) is 0 Å². The van der Waals surface area contributed by atoms with Gasteiger partial charge in [-0.25, -0.2) is 0 Å². The van der Waals surface area contributed by atoms with Gasteiger partial charge in [0.1, 0.15) is 5.75 Å². The van der Waals surface area contributed by atoms with Crippen LogP contribution in [-0.4, -0.2) is 10.1 Å². The van der Waals surface area contributed by atoms with Crippen LogP contribution in [0.3, 0.4) is 0 Å². The average molecular weight is 300 g/mol. The fourth-order valence-electron chi connectivity index (χ4n) is 2.00. The van der Waals surface area contributed by atoms with Crippen molar-refractivity contribution in [2.75, 3.05) is 0 Å². The third kappa shape index (κ3) is 1.97. The van der Waals surface area contributed by atoms with Crippen LogP contribution in [0.1, 0.15) is 0 Å². The summed E-state index contributed by atoms with van der Waals surface area (Å²) in [7, 11) is 0. The summed E-state index contributed by atoms with van der Waals surface area (Å²) in [5.74, 6) is 0.274. The normalized spacial score (nSPS) is 10.7. The van der Waals surface area contributed by atoms with Crippen molar-refractivity contribution in [2.45, 2.75) is 0 Å². The van der Waals surface area contributed by atoms with Gasteiger partial charge < -0.3 is 5.11 Å². The lowest BCUT2D eigenvalue weighted by Gasteiger charge is -2.06. The van der Waals surface area contributed by atoms with Crippen LogP contribution in [0.15, 0.2) is 59.2 Å². The number of nitrogens with zero attached hydrogens (tertiary/aromatic N) is 1. The van der Waals surface area contributed by atoms with E-state index in [1.54, 1.807) is 18.3 Å². The molecule has 3 heteroatoms. The first kappa shape index (κ1) is 11.2. The number of hydrogen-bond donors (Lipinski definition) is 1. The fourth-order valence-corrected chi connectivity index (χ4v) is 2.27. The number of fused-ring (bicyclic) bond motifs is 1. The first-order valence-electron chi connectivity index (χ1n) is 5.58. The number of phenols is 1. The van der Waals surface area contributed by atoms with E-state index in [0.717, 1.165) is 26.5 Å². The third-order valence-corrected chi connectivity index (χ3v) is 3.39. The topological polar surface area (TPSA) is 33.1 Å². The molecular weight excluding hydrogens is 290 g/mol. The number of aromatic hydroxyl groups is 1. The van der Waals surface area contributed by atoms with Gasteiger partial charge in [-0.05, 0) is 41.8 Å². The zero-order valence-corrected chi connectivity index (χ0v) is 11.1. The molecular formula is C15H10BrNO. The predicted molar refractivity (Wildman–Crippen MR) is 76.5 cm³/mol. The highest BCUT2D eigenvalue weighted by Crippen LogP contribution is 2.29. The van der Waals surface area contributed by atoms with Crippen LogP contribution in [-0.2, 0) is 0 Å². The van der Waals surface area contributed by atoms with Crippen LogP contribution < -0.4 is 0 Å². The van der Waals surface area contributed by atoms with E-state index in [1.807, 2.05) is 36.4 Å². The fraction of sp³-hybridized carbons (Fsp3) is 0. The molecule has 0 saturated carbocycles. The summed E-state index contributed by atoms with van der Waals surface area (Å²) in [5, 5.41) is 11.5. The first-order valence-corrected chi connectivity index (χ1v) is 6.37. The van der Waals surface area contributed by atoms with Gasteiger partial charge in [0.2, 0.25) is 0 Å². The molecule has 2 nitrogen and oxygen atoms in total. The monoisotopic (exact) mass is 299 g/mol. The van der Waals surface area contributed by atoms with E-state index in [9.17, 15) is 5.11 Å². The maximum absolute atomic E-state index is 9.50. The number of pyridine rings is 1. The summed E-state index contributed by atoms with van der Waals surface area (Å²) < 4.78 is 1.05. The summed E-state index contributed by atoms with van der Waals surface area (Å²) in [6.07, 6.45) is 1.76. The molecule has 0 aliphatic rings. The Balaban J connectivity index is 2.26. The van der Waals surface area contributed by atoms with Gasteiger partial charge in [0.05, 0.1) is 5.69 Å². The standard InChI is InChI=1S/C15H10BrNO/c16-12-3-1-10(2-4-12)15-14-6-5-13(18)9-11(14)7-8-17-15/h1-9,18H. The Hall–Kier alpha value is -1.87. The summed E-state index contributed by atoms with van der Waals surface area (Å²) in [6.45, 7) is 0. The van der Waals surface area contributed by atoms with Crippen molar-refractivity contribution >= 4 is 26.7 Å². The van der Waals surface area contributed by atoms with Crippen LogP contribution >= 0.6 is 15.9 Å². The molecule has 18 heavy (non-hydrogen) atoms. The van der Waals surface area contributed by atoms with Gasteiger partial charge in [-0.3, -0.25) is 4.98 Å². The Bertz CT molecular complexity index is 707. The highest BCUT2D eigenvalue weighted by atomic mass is 79.9. The minimum absolute atomic E-state index is 0.274. The molecule has 0 amide bonds. The number of hydrogen-bond acceptors (Lipinski definition) is 2. The summed E-state index contributed by atoms with van der Waals surface area (Å²) in [4.78, 5) is 4.44. The number of aromatic nitrogens is 1. The van der Waals surface area contributed by atoms with E-state index >= 15 is 0 Å². The molecule has 1 aromatic heterocycles. The minimum atomic E-state index is 0.274. The largest absolute Gasteiger partial charge is 0.508 e.